The topological polar surface area (TPSA) is 77.3 Å². The SMILES string of the molecule is Cn1nc(C(=O)N2CCC(Oc3nc4c(F)cc(F)cc4s3)CC2)ccc1=O. The molecule has 3 aromatic rings. The van der Waals surface area contributed by atoms with E-state index < -0.39 is 11.6 Å². The smallest absolute Gasteiger partial charge is 0.274 e. The summed E-state index contributed by atoms with van der Waals surface area (Å²) in [6.45, 7) is 0.920. The van der Waals surface area contributed by atoms with Crippen molar-refractivity contribution in [1.82, 2.24) is 19.7 Å². The molecule has 1 aliphatic rings. The van der Waals surface area contributed by atoms with E-state index in [9.17, 15) is 18.4 Å². The summed E-state index contributed by atoms with van der Waals surface area (Å²) in [6, 6.07) is 4.75. The highest BCUT2D eigenvalue weighted by atomic mass is 32.1. The van der Waals surface area contributed by atoms with Crippen molar-refractivity contribution < 1.29 is 18.3 Å². The second-order valence-electron chi connectivity index (χ2n) is 6.50. The van der Waals surface area contributed by atoms with Crippen LogP contribution in [0.2, 0.25) is 0 Å². The van der Waals surface area contributed by atoms with Crippen LogP contribution in [0.4, 0.5) is 8.78 Å². The second kappa shape index (κ2) is 7.27. The van der Waals surface area contributed by atoms with Gasteiger partial charge in [0.05, 0.1) is 4.70 Å². The molecular weight excluding hydrogens is 390 g/mol. The lowest BCUT2D eigenvalue weighted by molar-refractivity contribution is 0.0587. The Hall–Kier alpha value is -2.88. The fourth-order valence-corrected chi connectivity index (χ4v) is 4.01. The molecule has 1 amide bonds. The third-order valence-corrected chi connectivity index (χ3v) is 5.46. The van der Waals surface area contributed by atoms with Gasteiger partial charge in [-0.05, 0) is 12.1 Å². The summed E-state index contributed by atoms with van der Waals surface area (Å²) in [5.41, 5.74) is 0.0238. The Bertz CT molecular complexity index is 1110. The van der Waals surface area contributed by atoms with Crippen LogP contribution in [-0.2, 0) is 7.05 Å². The first-order valence-corrected chi connectivity index (χ1v) is 9.48. The van der Waals surface area contributed by atoms with Crippen LogP contribution in [0.1, 0.15) is 23.3 Å². The van der Waals surface area contributed by atoms with Crippen LogP contribution in [0.3, 0.4) is 0 Å². The number of rotatable bonds is 3. The quantitative estimate of drug-likeness (QED) is 0.667. The number of ether oxygens (including phenoxy) is 1. The van der Waals surface area contributed by atoms with Crippen LogP contribution in [0.5, 0.6) is 5.19 Å². The molecule has 4 rings (SSSR count). The van der Waals surface area contributed by atoms with Crippen LogP contribution in [0.25, 0.3) is 10.2 Å². The number of piperidine rings is 1. The van der Waals surface area contributed by atoms with Gasteiger partial charge in [0.15, 0.2) is 5.82 Å². The van der Waals surface area contributed by atoms with Gasteiger partial charge in [0.25, 0.3) is 16.7 Å². The molecule has 10 heteroatoms. The van der Waals surface area contributed by atoms with E-state index in [4.69, 9.17) is 4.74 Å². The Morgan fingerprint density at radius 2 is 2.00 bits per heavy atom. The van der Waals surface area contributed by atoms with Crippen molar-refractivity contribution >= 4 is 27.5 Å². The van der Waals surface area contributed by atoms with Gasteiger partial charge in [-0.2, -0.15) is 10.1 Å². The molecule has 7 nitrogen and oxygen atoms in total. The van der Waals surface area contributed by atoms with Crippen molar-refractivity contribution in [2.45, 2.75) is 18.9 Å². The zero-order chi connectivity index (χ0) is 19.8. The average molecular weight is 406 g/mol. The van der Waals surface area contributed by atoms with Gasteiger partial charge in [0.1, 0.15) is 23.1 Å². The first kappa shape index (κ1) is 18.5. The number of benzene rings is 1. The summed E-state index contributed by atoms with van der Waals surface area (Å²) in [6.07, 6.45) is 0.972. The van der Waals surface area contributed by atoms with Crippen LogP contribution in [-0.4, -0.2) is 44.8 Å². The Balaban J connectivity index is 1.40. The minimum Gasteiger partial charge on any atom is -0.467 e. The van der Waals surface area contributed by atoms with E-state index in [0.29, 0.717) is 30.6 Å². The number of fused-ring (bicyclic) bond motifs is 1. The van der Waals surface area contributed by atoms with Crippen molar-refractivity contribution in [3.63, 3.8) is 0 Å². The monoisotopic (exact) mass is 406 g/mol. The number of aryl methyl sites for hydroxylation is 1. The van der Waals surface area contributed by atoms with Crippen LogP contribution < -0.4 is 10.3 Å². The van der Waals surface area contributed by atoms with Gasteiger partial charge < -0.3 is 9.64 Å². The molecule has 0 unspecified atom stereocenters. The van der Waals surface area contributed by atoms with E-state index in [0.717, 1.165) is 22.1 Å². The summed E-state index contributed by atoms with van der Waals surface area (Å²) in [5.74, 6) is -1.61. The molecule has 28 heavy (non-hydrogen) atoms. The summed E-state index contributed by atoms with van der Waals surface area (Å²) >= 11 is 1.09. The first-order chi connectivity index (χ1) is 13.4. The maximum absolute atomic E-state index is 13.8. The molecular formula is C18H16F2N4O3S. The predicted molar refractivity (Wildman–Crippen MR) is 98.6 cm³/mol. The number of hydrogen-bond acceptors (Lipinski definition) is 6. The standard InChI is InChI=1S/C18H16F2N4O3S/c1-23-15(25)3-2-13(22-23)17(26)24-6-4-11(5-7-24)27-18-21-16-12(20)8-10(19)9-14(16)28-18/h2-3,8-9,11H,4-7H2,1H3. The second-order valence-corrected chi connectivity index (χ2v) is 7.50. The van der Waals surface area contributed by atoms with Crippen molar-refractivity contribution in [2.75, 3.05) is 13.1 Å². The fourth-order valence-electron chi connectivity index (χ4n) is 3.08. The predicted octanol–water partition coefficient (Wildman–Crippen LogP) is 2.35. The third kappa shape index (κ3) is 3.59. The zero-order valence-corrected chi connectivity index (χ0v) is 15.7. The van der Waals surface area contributed by atoms with E-state index in [1.54, 1.807) is 4.90 Å². The number of aromatic nitrogens is 3. The van der Waals surface area contributed by atoms with Gasteiger partial charge in [-0.1, -0.05) is 11.3 Å². The van der Waals surface area contributed by atoms with Crippen LogP contribution in [0, 0.1) is 11.6 Å². The van der Waals surface area contributed by atoms with Gasteiger partial charge in [0, 0.05) is 45.1 Å². The summed E-state index contributed by atoms with van der Waals surface area (Å²) in [7, 11) is 1.49. The van der Waals surface area contributed by atoms with Crippen LogP contribution >= 0.6 is 11.3 Å². The maximum Gasteiger partial charge on any atom is 0.274 e. The Morgan fingerprint density at radius 3 is 2.71 bits per heavy atom. The number of thiazole rings is 1. The average Bonchev–Trinajstić information content (AvgIpc) is 3.06. The molecule has 3 heterocycles. The minimum atomic E-state index is -0.716. The van der Waals surface area contributed by atoms with Gasteiger partial charge in [-0.3, -0.25) is 9.59 Å². The largest absolute Gasteiger partial charge is 0.467 e. The highest BCUT2D eigenvalue weighted by molar-refractivity contribution is 7.20. The van der Waals surface area contributed by atoms with Gasteiger partial charge >= 0.3 is 0 Å². The Kier molecular flexibility index (Phi) is 4.80. The summed E-state index contributed by atoms with van der Waals surface area (Å²) in [5, 5.41) is 4.26. The van der Waals surface area contributed by atoms with E-state index in [2.05, 4.69) is 10.1 Å². The van der Waals surface area contributed by atoms with Crippen molar-refractivity contribution in [2.24, 2.45) is 7.05 Å². The molecule has 0 bridgehead atoms. The first-order valence-electron chi connectivity index (χ1n) is 8.66. The minimum absolute atomic E-state index is 0.0924. The Morgan fingerprint density at radius 1 is 1.25 bits per heavy atom. The number of carbonyl (C=O) groups excluding carboxylic acids is 1. The van der Waals surface area contributed by atoms with E-state index in [1.807, 2.05) is 0 Å². The van der Waals surface area contributed by atoms with Crippen molar-refractivity contribution in [1.29, 1.82) is 0 Å². The molecule has 1 fully saturated rings. The van der Waals surface area contributed by atoms with Gasteiger partial charge in [-0.15, -0.1) is 0 Å². The number of carbonyl (C=O) groups is 1. The third-order valence-electron chi connectivity index (χ3n) is 4.57. The molecule has 0 radical (unpaired) electrons. The highest BCUT2D eigenvalue weighted by Gasteiger charge is 2.26. The number of nitrogens with zero attached hydrogens (tertiary/aromatic N) is 4. The molecule has 0 atom stereocenters. The molecule has 2 aromatic heterocycles. The van der Waals surface area contributed by atoms with Gasteiger partial charge in [-0.25, -0.2) is 13.5 Å². The normalized spacial score (nSPS) is 15.2. The Labute approximate surface area is 162 Å². The van der Waals surface area contributed by atoms with Gasteiger partial charge in [0.2, 0.25) is 0 Å². The molecule has 0 aliphatic carbocycles. The lowest BCUT2D eigenvalue weighted by Crippen LogP contribution is -2.42. The molecule has 1 saturated heterocycles. The maximum atomic E-state index is 13.8. The van der Waals surface area contributed by atoms with E-state index in [-0.39, 0.29) is 34.0 Å². The molecule has 0 saturated carbocycles. The summed E-state index contributed by atoms with van der Waals surface area (Å²) in [4.78, 5) is 29.7. The van der Waals surface area contributed by atoms with Crippen molar-refractivity contribution in [3.8, 4) is 5.19 Å². The summed E-state index contributed by atoms with van der Waals surface area (Å²) < 4.78 is 34.4. The number of hydrogen-bond donors (Lipinski definition) is 0. The number of likely N-dealkylation sites (tertiary alicyclic amines) is 1. The number of halogens is 2. The molecule has 1 aromatic carbocycles. The van der Waals surface area contributed by atoms with E-state index in [1.165, 1.54) is 25.2 Å². The lowest BCUT2D eigenvalue weighted by atomic mass is 10.1. The highest BCUT2D eigenvalue weighted by Crippen LogP contribution is 2.32. The zero-order valence-electron chi connectivity index (χ0n) is 14.9. The molecule has 0 spiro atoms. The molecule has 1 aliphatic heterocycles. The molecule has 0 N–H and O–H groups in total. The van der Waals surface area contributed by atoms with Crippen LogP contribution in [0.15, 0.2) is 29.1 Å². The van der Waals surface area contributed by atoms with Crippen molar-refractivity contribution in [3.05, 3.63) is 51.9 Å². The molecule has 146 valence electrons. The lowest BCUT2D eigenvalue weighted by Gasteiger charge is -2.31. The van der Waals surface area contributed by atoms with E-state index >= 15 is 0 Å². The number of amides is 1. The fraction of sp³-hybridized carbons (Fsp3) is 0.333.